The molecule has 2 rings (SSSR count). The van der Waals surface area contributed by atoms with Crippen molar-refractivity contribution < 1.29 is 14.3 Å². The van der Waals surface area contributed by atoms with Crippen LogP contribution in [0.3, 0.4) is 0 Å². The van der Waals surface area contributed by atoms with E-state index >= 15 is 0 Å². The van der Waals surface area contributed by atoms with Gasteiger partial charge >= 0.3 is 6.03 Å². The molecule has 0 saturated carbocycles. The minimum atomic E-state index is -0.276. The highest BCUT2D eigenvalue weighted by Gasteiger charge is 2.38. The summed E-state index contributed by atoms with van der Waals surface area (Å²) in [6.07, 6.45) is 0. The molecule has 1 aromatic rings. The van der Waals surface area contributed by atoms with Crippen LogP contribution in [0.4, 0.5) is 10.5 Å². The number of rotatable bonds is 3. The molecule has 1 saturated heterocycles. The highest BCUT2D eigenvalue weighted by Crippen LogP contribution is 2.29. The number of hydrogen-bond donors (Lipinski definition) is 2. The molecular weight excluding hydrogens is 246 g/mol. The molecule has 1 fully saturated rings. The van der Waals surface area contributed by atoms with Crippen LogP contribution in [0.5, 0.6) is 11.5 Å². The van der Waals surface area contributed by atoms with Crippen molar-refractivity contribution >= 4 is 11.7 Å². The molecule has 0 aliphatic carbocycles. The number of nitrogens with zero attached hydrogens (tertiary/aromatic N) is 1. The number of hydrogen-bond acceptors (Lipinski definition) is 4. The lowest BCUT2D eigenvalue weighted by atomic mass is 9.94. The maximum absolute atomic E-state index is 12.0. The van der Waals surface area contributed by atoms with E-state index in [0.29, 0.717) is 30.3 Å². The smallest absolute Gasteiger partial charge is 0.322 e. The van der Waals surface area contributed by atoms with Gasteiger partial charge in [-0.1, -0.05) is 0 Å². The number of nitrogens with one attached hydrogen (secondary N) is 1. The number of urea groups is 1. The number of amides is 2. The highest BCUT2D eigenvalue weighted by molar-refractivity contribution is 5.91. The van der Waals surface area contributed by atoms with Crippen LogP contribution in [-0.2, 0) is 0 Å². The van der Waals surface area contributed by atoms with Crippen molar-refractivity contribution in [1.82, 2.24) is 4.90 Å². The summed E-state index contributed by atoms with van der Waals surface area (Å²) in [7, 11) is 3.13. The van der Waals surface area contributed by atoms with Gasteiger partial charge < -0.3 is 25.4 Å². The normalized spacial score (nSPS) is 16.5. The van der Waals surface area contributed by atoms with E-state index in [2.05, 4.69) is 5.32 Å². The molecule has 0 unspecified atom stereocenters. The number of carbonyl (C=O) groups is 1. The maximum Gasteiger partial charge on any atom is 0.322 e. The van der Waals surface area contributed by atoms with Crippen LogP contribution in [0, 0.1) is 0 Å². The molecule has 104 valence electrons. The van der Waals surface area contributed by atoms with Crippen molar-refractivity contribution in [3.05, 3.63) is 18.2 Å². The first-order chi connectivity index (χ1) is 8.95. The molecule has 1 aromatic carbocycles. The third-order valence-corrected chi connectivity index (χ3v) is 3.04. The standard InChI is InChI=1S/C13H19N3O3/c1-13(14)7-16(8-13)12(17)15-10-5-4-9(18-2)6-11(10)19-3/h4-6H,7-8,14H2,1-3H3,(H,15,17). The van der Waals surface area contributed by atoms with Crippen LogP contribution in [0.2, 0.25) is 0 Å². The minimum Gasteiger partial charge on any atom is -0.497 e. The third-order valence-electron chi connectivity index (χ3n) is 3.04. The SMILES string of the molecule is COc1ccc(NC(=O)N2CC(C)(N)C2)c(OC)c1. The molecule has 0 atom stereocenters. The van der Waals surface area contributed by atoms with Gasteiger partial charge in [0.25, 0.3) is 0 Å². The Hall–Kier alpha value is -1.95. The summed E-state index contributed by atoms with van der Waals surface area (Å²) < 4.78 is 10.3. The van der Waals surface area contributed by atoms with Gasteiger partial charge in [0.2, 0.25) is 0 Å². The number of benzene rings is 1. The van der Waals surface area contributed by atoms with Crippen molar-refractivity contribution in [2.75, 3.05) is 32.6 Å². The maximum atomic E-state index is 12.0. The molecule has 2 amide bonds. The van der Waals surface area contributed by atoms with E-state index in [0.717, 1.165) is 0 Å². The minimum absolute atomic E-state index is 0.175. The first-order valence-electron chi connectivity index (χ1n) is 6.02. The Morgan fingerprint density at radius 3 is 2.58 bits per heavy atom. The van der Waals surface area contributed by atoms with Gasteiger partial charge in [0.1, 0.15) is 11.5 Å². The van der Waals surface area contributed by atoms with E-state index in [1.807, 2.05) is 6.92 Å². The predicted octanol–water partition coefficient (Wildman–Crippen LogP) is 1.27. The summed E-state index contributed by atoms with van der Waals surface area (Å²) in [4.78, 5) is 13.6. The van der Waals surface area contributed by atoms with Crippen LogP contribution >= 0.6 is 0 Å². The lowest BCUT2D eigenvalue weighted by Gasteiger charge is -2.45. The zero-order valence-corrected chi connectivity index (χ0v) is 11.4. The van der Waals surface area contributed by atoms with E-state index in [-0.39, 0.29) is 11.6 Å². The number of likely N-dealkylation sites (tertiary alicyclic amines) is 1. The molecule has 3 N–H and O–H groups in total. The van der Waals surface area contributed by atoms with Gasteiger partial charge in [-0.15, -0.1) is 0 Å². The number of methoxy groups -OCH3 is 2. The highest BCUT2D eigenvalue weighted by atomic mass is 16.5. The summed E-state index contributed by atoms with van der Waals surface area (Å²) in [5.74, 6) is 1.23. The summed E-state index contributed by atoms with van der Waals surface area (Å²) in [6.45, 7) is 3.03. The quantitative estimate of drug-likeness (QED) is 0.862. The average molecular weight is 265 g/mol. The van der Waals surface area contributed by atoms with E-state index < -0.39 is 0 Å². The molecule has 1 aliphatic heterocycles. The van der Waals surface area contributed by atoms with E-state index in [4.69, 9.17) is 15.2 Å². The summed E-state index contributed by atoms with van der Waals surface area (Å²) >= 11 is 0. The molecular formula is C13H19N3O3. The fourth-order valence-electron chi connectivity index (χ4n) is 2.07. The second kappa shape index (κ2) is 4.97. The Labute approximate surface area is 112 Å². The zero-order chi connectivity index (χ0) is 14.0. The second-order valence-corrected chi connectivity index (χ2v) is 5.01. The fraction of sp³-hybridized carbons (Fsp3) is 0.462. The lowest BCUT2D eigenvalue weighted by Crippen LogP contribution is -2.67. The van der Waals surface area contributed by atoms with Crippen LogP contribution < -0.4 is 20.5 Å². The zero-order valence-electron chi connectivity index (χ0n) is 11.4. The molecule has 19 heavy (non-hydrogen) atoms. The van der Waals surface area contributed by atoms with E-state index in [1.165, 1.54) is 0 Å². The third kappa shape index (κ3) is 2.90. The first-order valence-corrected chi connectivity index (χ1v) is 6.02. The van der Waals surface area contributed by atoms with E-state index in [9.17, 15) is 4.79 Å². The predicted molar refractivity (Wildman–Crippen MR) is 72.7 cm³/mol. The van der Waals surface area contributed by atoms with Gasteiger partial charge in [-0.2, -0.15) is 0 Å². The van der Waals surface area contributed by atoms with Gasteiger partial charge in [-0.25, -0.2) is 4.79 Å². The van der Waals surface area contributed by atoms with Crippen molar-refractivity contribution in [3.63, 3.8) is 0 Å². The Balaban J connectivity index is 2.05. The van der Waals surface area contributed by atoms with Crippen LogP contribution in [0.15, 0.2) is 18.2 Å². The topological polar surface area (TPSA) is 76.8 Å². The summed E-state index contributed by atoms with van der Waals surface area (Å²) in [6, 6.07) is 5.06. The Kier molecular flexibility index (Phi) is 3.53. The van der Waals surface area contributed by atoms with E-state index in [1.54, 1.807) is 37.3 Å². The van der Waals surface area contributed by atoms with Crippen molar-refractivity contribution in [2.24, 2.45) is 5.73 Å². The number of anilines is 1. The van der Waals surface area contributed by atoms with Crippen molar-refractivity contribution in [3.8, 4) is 11.5 Å². The molecule has 6 heteroatoms. The Morgan fingerprint density at radius 2 is 2.05 bits per heavy atom. The molecule has 1 aliphatic rings. The molecule has 0 aromatic heterocycles. The van der Waals surface area contributed by atoms with Gasteiger partial charge in [-0.05, 0) is 19.1 Å². The Morgan fingerprint density at radius 1 is 1.37 bits per heavy atom. The lowest BCUT2D eigenvalue weighted by molar-refractivity contribution is 0.117. The van der Waals surface area contributed by atoms with Gasteiger partial charge in [0.05, 0.1) is 19.9 Å². The molecule has 1 heterocycles. The van der Waals surface area contributed by atoms with Gasteiger partial charge in [0.15, 0.2) is 0 Å². The van der Waals surface area contributed by atoms with Crippen molar-refractivity contribution in [2.45, 2.75) is 12.5 Å². The number of nitrogens with two attached hydrogens (primary N) is 1. The van der Waals surface area contributed by atoms with Crippen molar-refractivity contribution in [1.29, 1.82) is 0 Å². The molecule has 0 radical (unpaired) electrons. The number of ether oxygens (including phenoxy) is 2. The van der Waals surface area contributed by atoms with Crippen LogP contribution in [-0.4, -0.2) is 43.8 Å². The molecule has 0 bridgehead atoms. The van der Waals surface area contributed by atoms with Crippen LogP contribution in [0.25, 0.3) is 0 Å². The molecule has 6 nitrogen and oxygen atoms in total. The summed E-state index contributed by atoms with van der Waals surface area (Å²) in [5, 5.41) is 2.80. The largest absolute Gasteiger partial charge is 0.497 e. The van der Waals surface area contributed by atoms with Crippen LogP contribution in [0.1, 0.15) is 6.92 Å². The monoisotopic (exact) mass is 265 g/mol. The Bertz CT molecular complexity index is 480. The van der Waals surface area contributed by atoms with Gasteiger partial charge in [-0.3, -0.25) is 0 Å². The first kappa shape index (κ1) is 13.5. The number of carbonyl (C=O) groups excluding carboxylic acids is 1. The second-order valence-electron chi connectivity index (χ2n) is 5.01. The van der Waals surface area contributed by atoms with Gasteiger partial charge in [0, 0.05) is 24.7 Å². The molecule has 0 spiro atoms. The average Bonchev–Trinajstić information content (AvgIpc) is 2.36. The fourth-order valence-corrected chi connectivity index (χ4v) is 2.07. The summed E-state index contributed by atoms with van der Waals surface area (Å²) in [5.41, 5.74) is 6.21.